The molecule has 2 heterocycles. The Morgan fingerprint density at radius 3 is 2.41 bits per heavy atom. The Morgan fingerprint density at radius 2 is 1.76 bits per heavy atom. The average Bonchev–Trinajstić information content (AvgIpc) is 2.86. The van der Waals surface area contributed by atoms with Gasteiger partial charge in [-0.2, -0.15) is 0 Å². The molecule has 178 valence electrons. The predicted molar refractivity (Wildman–Crippen MR) is 127 cm³/mol. The number of hydrogen-bond acceptors (Lipinski definition) is 5. The molecule has 0 radical (unpaired) electrons. The molecular weight excluding hydrogens is 435 g/mol. The largest absolute Gasteiger partial charge is 0.482 e. The van der Waals surface area contributed by atoms with Crippen LogP contribution in [0.3, 0.4) is 0 Å². The molecule has 3 aromatic rings. The number of halogens is 1. The molecule has 2 aromatic carbocycles. The van der Waals surface area contributed by atoms with E-state index in [1.807, 2.05) is 42.2 Å². The van der Waals surface area contributed by atoms with Crippen LogP contribution in [0.2, 0.25) is 0 Å². The summed E-state index contributed by atoms with van der Waals surface area (Å²) in [6.07, 6.45) is 2.09. The third-order valence-corrected chi connectivity index (χ3v) is 6.13. The van der Waals surface area contributed by atoms with Gasteiger partial charge in [0.15, 0.2) is 0 Å². The molecule has 7 heteroatoms. The van der Waals surface area contributed by atoms with Crippen molar-refractivity contribution in [3.8, 4) is 5.75 Å². The van der Waals surface area contributed by atoms with Gasteiger partial charge in [0.05, 0.1) is 12.5 Å². The summed E-state index contributed by atoms with van der Waals surface area (Å²) in [6.45, 7) is 5.40. The third kappa shape index (κ3) is 5.91. The second-order valence-electron chi connectivity index (χ2n) is 8.46. The minimum atomic E-state index is -0.320. The zero-order chi connectivity index (χ0) is 23.9. The predicted octanol–water partition coefficient (Wildman–Crippen LogP) is 4.20. The van der Waals surface area contributed by atoms with Crippen molar-refractivity contribution >= 4 is 5.91 Å². The van der Waals surface area contributed by atoms with Crippen LogP contribution < -0.4 is 10.2 Å². The van der Waals surface area contributed by atoms with E-state index < -0.39 is 0 Å². The summed E-state index contributed by atoms with van der Waals surface area (Å²) in [7, 11) is 0. The lowest BCUT2D eigenvalue weighted by molar-refractivity contribution is -0.134. The number of carbonyl (C=O) groups is 1. The maximum atomic E-state index is 13.1. The van der Waals surface area contributed by atoms with Crippen molar-refractivity contribution in [3.63, 3.8) is 0 Å². The van der Waals surface area contributed by atoms with Gasteiger partial charge in [0, 0.05) is 32.2 Å². The van der Waals surface area contributed by atoms with Crippen molar-refractivity contribution < 1.29 is 18.3 Å². The maximum absolute atomic E-state index is 13.1. The number of ether oxygens (including phenoxy) is 1. The van der Waals surface area contributed by atoms with Crippen molar-refractivity contribution in [1.82, 2.24) is 9.80 Å². The first-order chi connectivity index (χ1) is 16.5. The molecule has 0 saturated carbocycles. The fourth-order valence-electron chi connectivity index (χ4n) is 4.17. The fourth-order valence-corrected chi connectivity index (χ4v) is 4.17. The molecule has 1 fully saturated rings. The lowest BCUT2D eigenvalue weighted by atomic mass is 9.95. The van der Waals surface area contributed by atoms with Gasteiger partial charge in [-0.05, 0) is 29.7 Å². The van der Waals surface area contributed by atoms with Crippen LogP contribution in [0.15, 0.2) is 76.1 Å². The number of carbonyl (C=O) groups excluding carboxylic acids is 1. The third-order valence-electron chi connectivity index (χ3n) is 6.13. The van der Waals surface area contributed by atoms with Gasteiger partial charge in [0.25, 0.3) is 0 Å². The number of piperazine rings is 1. The fraction of sp³-hybridized carbons (Fsp3) is 0.333. The monoisotopic (exact) mass is 464 g/mol. The van der Waals surface area contributed by atoms with E-state index in [-0.39, 0.29) is 35.4 Å². The van der Waals surface area contributed by atoms with Crippen molar-refractivity contribution in [2.45, 2.75) is 32.4 Å². The molecule has 1 saturated heterocycles. The molecule has 1 atom stereocenters. The van der Waals surface area contributed by atoms with Gasteiger partial charge in [-0.15, -0.1) is 0 Å². The van der Waals surface area contributed by atoms with Crippen molar-refractivity contribution in [1.29, 1.82) is 0 Å². The number of rotatable bonds is 8. The van der Waals surface area contributed by atoms with Crippen LogP contribution in [0.25, 0.3) is 0 Å². The number of nitrogens with zero attached hydrogens (tertiary/aromatic N) is 2. The molecule has 1 amide bonds. The first-order valence-corrected chi connectivity index (χ1v) is 11.6. The van der Waals surface area contributed by atoms with Crippen LogP contribution >= 0.6 is 0 Å². The Morgan fingerprint density at radius 1 is 1.06 bits per heavy atom. The van der Waals surface area contributed by atoms with Crippen LogP contribution in [-0.4, -0.2) is 41.9 Å². The Bertz CT molecular complexity index is 1140. The summed E-state index contributed by atoms with van der Waals surface area (Å²) in [5.41, 5.74) is 1.56. The summed E-state index contributed by atoms with van der Waals surface area (Å²) >= 11 is 0. The molecule has 1 aliphatic heterocycles. The summed E-state index contributed by atoms with van der Waals surface area (Å²) < 4.78 is 24.2. The van der Waals surface area contributed by atoms with Gasteiger partial charge in [0.1, 0.15) is 24.4 Å². The maximum Gasteiger partial charge on any atom is 0.230 e. The Kier molecular flexibility index (Phi) is 7.75. The highest BCUT2D eigenvalue weighted by atomic mass is 19.1. The minimum absolute atomic E-state index is 0.117. The Labute approximate surface area is 198 Å². The smallest absolute Gasteiger partial charge is 0.230 e. The number of hydrogen-bond donors (Lipinski definition) is 0. The van der Waals surface area contributed by atoms with Gasteiger partial charge in [0.2, 0.25) is 17.1 Å². The molecule has 0 spiro atoms. The van der Waals surface area contributed by atoms with E-state index in [1.54, 1.807) is 12.1 Å². The molecule has 0 unspecified atom stereocenters. The average molecular weight is 465 g/mol. The lowest BCUT2D eigenvalue weighted by Gasteiger charge is -2.36. The molecule has 34 heavy (non-hydrogen) atoms. The Hall–Kier alpha value is -3.45. The number of benzene rings is 2. The van der Waals surface area contributed by atoms with Crippen LogP contribution in [0.5, 0.6) is 5.75 Å². The van der Waals surface area contributed by atoms with E-state index in [0.29, 0.717) is 38.5 Å². The van der Waals surface area contributed by atoms with E-state index >= 15 is 0 Å². The van der Waals surface area contributed by atoms with E-state index in [1.165, 1.54) is 24.5 Å². The molecule has 1 aliphatic rings. The van der Waals surface area contributed by atoms with Crippen LogP contribution in [0.1, 0.15) is 36.1 Å². The molecule has 0 aliphatic carbocycles. The summed E-state index contributed by atoms with van der Waals surface area (Å²) in [4.78, 5) is 29.6. The topological polar surface area (TPSA) is 63.0 Å². The zero-order valence-electron chi connectivity index (χ0n) is 19.3. The van der Waals surface area contributed by atoms with Crippen molar-refractivity contribution in [2.75, 3.05) is 26.2 Å². The van der Waals surface area contributed by atoms with Gasteiger partial charge >= 0.3 is 0 Å². The molecule has 6 nitrogen and oxygen atoms in total. The summed E-state index contributed by atoms with van der Waals surface area (Å²) in [5.74, 6) is 0.402. The highest BCUT2D eigenvalue weighted by molar-refractivity contribution is 5.83. The molecular formula is C27H29FN2O4. The van der Waals surface area contributed by atoms with Crippen molar-refractivity contribution in [2.24, 2.45) is 0 Å². The van der Waals surface area contributed by atoms with Crippen LogP contribution in [-0.2, 0) is 17.9 Å². The summed E-state index contributed by atoms with van der Waals surface area (Å²) in [6, 6.07) is 17.3. The molecule has 0 N–H and O–H groups in total. The van der Waals surface area contributed by atoms with E-state index in [4.69, 9.17) is 9.15 Å². The Balaban J connectivity index is 1.29. The quantitative estimate of drug-likeness (QED) is 0.500. The normalized spacial score (nSPS) is 15.2. The van der Waals surface area contributed by atoms with E-state index in [2.05, 4.69) is 4.90 Å². The van der Waals surface area contributed by atoms with Gasteiger partial charge in [-0.25, -0.2) is 4.39 Å². The van der Waals surface area contributed by atoms with Gasteiger partial charge in [-0.1, -0.05) is 49.4 Å². The highest BCUT2D eigenvalue weighted by Gasteiger charge is 2.27. The first kappa shape index (κ1) is 23.7. The minimum Gasteiger partial charge on any atom is -0.482 e. The second kappa shape index (κ2) is 11.1. The van der Waals surface area contributed by atoms with Gasteiger partial charge < -0.3 is 14.1 Å². The molecule has 4 rings (SSSR count). The first-order valence-electron chi connectivity index (χ1n) is 11.6. The van der Waals surface area contributed by atoms with E-state index in [0.717, 1.165) is 17.5 Å². The van der Waals surface area contributed by atoms with Crippen LogP contribution in [0.4, 0.5) is 4.39 Å². The highest BCUT2D eigenvalue weighted by Crippen LogP contribution is 2.23. The zero-order valence-corrected chi connectivity index (χ0v) is 19.3. The lowest BCUT2D eigenvalue weighted by Crippen LogP contribution is -2.49. The van der Waals surface area contributed by atoms with Gasteiger partial charge in [-0.3, -0.25) is 14.5 Å². The SMILES string of the molecule is CC[C@H](C(=O)N1CCN(Cc2cc(=O)c(OCc3ccc(F)cc3)co2)CC1)c1ccccc1. The summed E-state index contributed by atoms with van der Waals surface area (Å²) in [5, 5.41) is 0. The molecule has 0 bridgehead atoms. The van der Waals surface area contributed by atoms with Crippen LogP contribution in [0, 0.1) is 5.82 Å². The van der Waals surface area contributed by atoms with Crippen molar-refractivity contribution in [3.05, 3.63) is 99.9 Å². The standard InChI is InChI=1S/C27H29FN2O4/c1-2-24(21-6-4-3-5-7-21)27(32)30-14-12-29(13-15-30)17-23-16-25(31)26(19-33-23)34-18-20-8-10-22(28)11-9-20/h3-11,16,19,24H,2,12-15,17-18H2,1H3/t24-/m0/s1. The van der Waals surface area contributed by atoms with E-state index in [9.17, 15) is 14.0 Å². The second-order valence-corrected chi connectivity index (χ2v) is 8.46. The molecule has 1 aromatic heterocycles. The number of amides is 1.